The second-order valence-corrected chi connectivity index (χ2v) is 6.61. The predicted molar refractivity (Wildman–Crippen MR) is 108 cm³/mol. The van der Waals surface area contributed by atoms with Crippen LogP contribution in [0.15, 0.2) is 43.0 Å². The smallest absolute Gasteiger partial charge is 0.274 e. The van der Waals surface area contributed by atoms with Crippen LogP contribution in [0.2, 0.25) is 0 Å². The highest BCUT2D eigenvalue weighted by molar-refractivity contribution is 5.92. The highest BCUT2D eigenvalue weighted by atomic mass is 16.2. The topological polar surface area (TPSA) is 88.1 Å². The van der Waals surface area contributed by atoms with Gasteiger partial charge in [-0.2, -0.15) is 0 Å². The minimum Gasteiger partial charge on any atom is -0.356 e. The summed E-state index contributed by atoms with van der Waals surface area (Å²) in [6, 6.07) is 5.73. The Labute approximate surface area is 166 Å². The summed E-state index contributed by atoms with van der Waals surface area (Å²) >= 11 is 0. The van der Waals surface area contributed by atoms with Gasteiger partial charge in [-0.3, -0.25) is 19.6 Å². The second-order valence-electron chi connectivity index (χ2n) is 6.61. The molecule has 2 aromatic heterocycles. The van der Waals surface area contributed by atoms with Crippen molar-refractivity contribution >= 4 is 11.8 Å². The molecule has 0 saturated carbocycles. The first-order valence-corrected chi connectivity index (χ1v) is 9.92. The average molecular weight is 383 g/mol. The Balaban J connectivity index is 1.81. The number of pyridine rings is 1. The van der Waals surface area contributed by atoms with Gasteiger partial charge < -0.3 is 10.2 Å². The molecule has 1 N–H and O–H groups in total. The first-order valence-electron chi connectivity index (χ1n) is 9.92. The van der Waals surface area contributed by atoms with Crippen LogP contribution < -0.4 is 5.32 Å². The van der Waals surface area contributed by atoms with Crippen LogP contribution in [0.1, 0.15) is 55.2 Å². The SMILES string of the molecule is CCCCCCN(CCC(=O)NCCc1ccccn1)C(=O)c1cnccn1. The molecule has 0 atom stereocenters. The summed E-state index contributed by atoms with van der Waals surface area (Å²) in [6.45, 7) is 3.68. The van der Waals surface area contributed by atoms with E-state index < -0.39 is 0 Å². The summed E-state index contributed by atoms with van der Waals surface area (Å²) in [5.74, 6) is -0.243. The van der Waals surface area contributed by atoms with Crippen molar-refractivity contribution in [2.45, 2.75) is 45.4 Å². The molecule has 7 nitrogen and oxygen atoms in total. The van der Waals surface area contributed by atoms with E-state index in [1.54, 1.807) is 11.1 Å². The Morgan fingerprint density at radius 2 is 1.93 bits per heavy atom. The molecule has 0 aliphatic carbocycles. The molecule has 0 spiro atoms. The van der Waals surface area contributed by atoms with Crippen molar-refractivity contribution in [3.05, 3.63) is 54.4 Å². The molecule has 0 aliphatic rings. The van der Waals surface area contributed by atoms with Crippen LogP contribution in [0.3, 0.4) is 0 Å². The molecule has 2 heterocycles. The van der Waals surface area contributed by atoms with Crippen LogP contribution in [-0.2, 0) is 11.2 Å². The number of hydrogen-bond acceptors (Lipinski definition) is 5. The van der Waals surface area contributed by atoms with Crippen molar-refractivity contribution in [1.82, 2.24) is 25.2 Å². The first-order chi connectivity index (χ1) is 13.7. The van der Waals surface area contributed by atoms with E-state index in [0.29, 0.717) is 31.7 Å². The highest BCUT2D eigenvalue weighted by Gasteiger charge is 2.18. The van der Waals surface area contributed by atoms with Gasteiger partial charge in [-0.1, -0.05) is 32.3 Å². The van der Waals surface area contributed by atoms with E-state index in [4.69, 9.17) is 0 Å². The first kappa shape index (κ1) is 21.5. The second kappa shape index (κ2) is 12.5. The molecule has 28 heavy (non-hydrogen) atoms. The maximum atomic E-state index is 12.7. The summed E-state index contributed by atoms with van der Waals surface area (Å²) in [7, 11) is 0. The zero-order chi connectivity index (χ0) is 20.0. The van der Waals surface area contributed by atoms with Crippen molar-refractivity contribution in [3.8, 4) is 0 Å². The maximum absolute atomic E-state index is 12.7. The molecule has 0 radical (unpaired) electrons. The van der Waals surface area contributed by atoms with Gasteiger partial charge in [-0.05, 0) is 18.6 Å². The van der Waals surface area contributed by atoms with Crippen LogP contribution in [0.4, 0.5) is 0 Å². The van der Waals surface area contributed by atoms with E-state index >= 15 is 0 Å². The lowest BCUT2D eigenvalue weighted by molar-refractivity contribution is -0.121. The van der Waals surface area contributed by atoms with Gasteiger partial charge in [-0.25, -0.2) is 4.98 Å². The fourth-order valence-electron chi connectivity index (χ4n) is 2.82. The minimum atomic E-state index is -0.175. The quantitative estimate of drug-likeness (QED) is 0.569. The van der Waals surface area contributed by atoms with E-state index in [1.165, 1.54) is 18.6 Å². The van der Waals surface area contributed by atoms with Gasteiger partial charge in [-0.15, -0.1) is 0 Å². The van der Waals surface area contributed by atoms with Gasteiger partial charge in [0, 0.05) is 56.8 Å². The van der Waals surface area contributed by atoms with Gasteiger partial charge in [0.05, 0.1) is 6.20 Å². The van der Waals surface area contributed by atoms with Crippen molar-refractivity contribution in [2.24, 2.45) is 0 Å². The Kier molecular flexibility index (Phi) is 9.61. The van der Waals surface area contributed by atoms with E-state index in [-0.39, 0.29) is 18.2 Å². The van der Waals surface area contributed by atoms with Crippen molar-refractivity contribution in [3.63, 3.8) is 0 Å². The summed E-state index contributed by atoms with van der Waals surface area (Å²) in [5.41, 5.74) is 1.26. The standard InChI is InChI=1S/C21H29N5O2/c1-2-3-4-7-15-26(21(28)19-17-22-13-14-24-19)16-10-20(27)25-12-9-18-8-5-6-11-23-18/h5-6,8,11,13-14,17H,2-4,7,9-10,12,15-16H2,1H3,(H,25,27). The van der Waals surface area contributed by atoms with Gasteiger partial charge >= 0.3 is 0 Å². The molecule has 2 aromatic rings. The van der Waals surface area contributed by atoms with Gasteiger partial charge in [0.1, 0.15) is 5.69 Å². The number of amides is 2. The molecule has 2 rings (SSSR count). The number of hydrogen-bond donors (Lipinski definition) is 1. The Hall–Kier alpha value is -2.83. The van der Waals surface area contributed by atoms with Crippen molar-refractivity contribution < 1.29 is 9.59 Å². The van der Waals surface area contributed by atoms with Crippen molar-refractivity contribution in [2.75, 3.05) is 19.6 Å². The maximum Gasteiger partial charge on any atom is 0.274 e. The highest BCUT2D eigenvalue weighted by Crippen LogP contribution is 2.06. The van der Waals surface area contributed by atoms with Gasteiger partial charge in [0.25, 0.3) is 5.91 Å². The zero-order valence-electron chi connectivity index (χ0n) is 16.5. The fraction of sp³-hybridized carbons (Fsp3) is 0.476. The molecule has 0 aromatic carbocycles. The van der Waals surface area contributed by atoms with E-state index in [1.807, 2.05) is 18.2 Å². The molecule has 150 valence electrons. The summed E-state index contributed by atoms with van der Waals surface area (Å²) < 4.78 is 0. The lowest BCUT2D eigenvalue weighted by Gasteiger charge is -2.22. The van der Waals surface area contributed by atoms with E-state index in [9.17, 15) is 9.59 Å². The van der Waals surface area contributed by atoms with Crippen molar-refractivity contribution in [1.29, 1.82) is 0 Å². The monoisotopic (exact) mass is 383 g/mol. The van der Waals surface area contributed by atoms with E-state index in [2.05, 4.69) is 27.2 Å². The Bertz CT molecular complexity index is 709. The molecular weight excluding hydrogens is 354 g/mol. The third-order valence-corrected chi connectivity index (χ3v) is 4.39. The fourth-order valence-corrected chi connectivity index (χ4v) is 2.82. The minimum absolute atomic E-state index is 0.0681. The van der Waals surface area contributed by atoms with Crippen LogP contribution in [0.25, 0.3) is 0 Å². The Morgan fingerprint density at radius 3 is 2.64 bits per heavy atom. The number of rotatable bonds is 12. The molecule has 7 heteroatoms. The number of unbranched alkanes of at least 4 members (excludes halogenated alkanes) is 3. The number of nitrogens with one attached hydrogen (secondary N) is 1. The van der Waals surface area contributed by atoms with Crippen LogP contribution >= 0.6 is 0 Å². The molecule has 0 aliphatic heterocycles. The number of aromatic nitrogens is 3. The normalized spacial score (nSPS) is 10.5. The average Bonchev–Trinajstić information content (AvgIpc) is 2.74. The molecule has 2 amide bonds. The van der Waals surface area contributed by atoms with E-state index in [0.717, 1.165) is 31.4 Å². The zero-order valence-corrected chi connectivity index (χ0v) is 16.5. The number of nitrogens with zero attached hydrogens (tertiary/aromatic N) is 4. The van der Waals surface area contributed by atoms with Gasteiger partial charge in [0.2, 0.25) is 5.91 Å². The number of carbonyl (C=O) groups is 2. The third kappa shape index (κ3) is 7.82. The molecule has 0 unspecified atom stereocenters. The molecule has 0 fully saturated rings. The molecule has 0 bridgehead atoms. The summed E-state index contributed by atoms with van der Waals surface area (Å²) in [6.07, 6.45) is 11.5. The summed E-state index contributed by atoms with van der Waals surface area (Å²) in [5, 5.41) is 2.90. The Morgan fingerprint density at radius 1 is 1.04 bits per heavy atom. The number of carbonyl (C=O) groups excluding carboxylic acids is 2. The lowest BCUT2D eigenvalue weighted by atomic mass is 10.2. The predicted octanol–water partition coefficient (Wildman–Crippen LogP) is 2.64. The third-order valence-electron chi connectivity index (χ3n) is 4.39. The van der Waals surface area contributed by atoms with Crippen LogP contribution in [0.5, 0.6) is 0 Å². The van der Waals surface area contributed by atoms with Crippen LogP contribution in [0, 0.1) is 0 Å². The summed E-state index contributed by atoms with van der Waals surface area (Å²) in [4.78, 5) is 38.9. The largest absolute Gasteiger partial charge is 0.356 e. The molecule has 0 saturated heterocycles. The lowest BCUT2D eigenvalue weighted by Crippen LogP contribution is -2.36. The van der Waals surface area contributed by atoms with Crippen LogP contribution in [-0.4, -0.2) is 51.3 Å². The molecular formula is C21H29N5O2. The van der Waals surface area contributed by atoms with Gasteiger partial charge in [0.15, 0.2) is 0 Å².